The molecule has 14 heavy (non-hydrogen) atoms. The summed E-state index contributed by atoms with van der Waals surface area (Å²) in [4.78, 5) is 10.4. The predicted molar refractivity (Wildman–Crippen MR) is 60.2 cm³/mol. The molecule has 0 saturated carbocycles. The van der Waals surface area contributed by atoms with Gasteiger partial charge in [-0.25, -0.2) is 0 Å². The Morgan fingerprint density at radius 1 is 1.64 bits per heavy atom. The summed E-state index contributed by atoms with van der Waals surface area (Å²) in [6.07, 6.45) is 0.259. The van der Waals surface area contributed by atoms with Crippen LogP contribution >= 0.6 is 27.5 Å². The molecule has 0 fully saturated rings. The molecule has 4 heteroatoms. The number of carbonyl (C=O) groups is 1. The fourth-order valence-electron chi connectivity index (χ4n) is 0.979. The second-order valence-corrected chi connectivity index (χ2v) is 3.76. The van der Waals surface area contributed by atoms with Gasteiger partial charge in [-0.2, -0.15) is 0 Å². The van der Waals surface area contributed by atoms with Gasteiger partial charge in [-0.15, -0.1) is 0 Å². The van der Waals surface area contributed by atoms with Crippen LogP contribution in [0.15, 0.2) is 18.2 Å². The number of halogens is 2. The molecule has 0 aliphatic heterocycles. The summed E-state index contributed by atoms with van der Waals surface area (Å²) in [7, 11) is 0. The molecular weight excluding hydrogens is 267 g/mol. The summed E-state index contributed by atoms with van der Waals surface area (Å²) in [5, 5.41) is 1.22. The van der Waals surface area contributed by atoms with Crippen molar-refractivity contribution < 1.29 is 9.53 Å². The molecule has 0 radical (unpaired) electrons. The van der Waals surface area contributed by atoms with Crippen molar-refractivity contribution in [2.75, 3.05) is 0 Å². The van der Waals surface area contributed by atoms with Gasteiger partial charge >= 0.3 is 0 Å². The average Bonchev–Trinajstić information content (AvgIpc) is 2.21. The normalized spacial score (nSPS) is 12.2. The smallest absolute Gasteiger partial charge is 0.160 e. The number of benzene rings is 1. The highest BCUT2D eigenvalue weighted by Crippen LogP contribution is 2.29. The number of carbonyl (C=O) groups excluding carboxylic acids is 1. The molecule has 1 atom stereocenters. The highest BCUT2D eigenvalue weighted by atomic mass is 79.9. The summed E-state index contributed by atoms with van der Waals surface area (Å²) < 4.78 is 5.32. The van der Waals surface area contributed by atoms with Crippen molar-refractivity contribution in [2.24, 2.45) is 0 Å². The second kappa shape index (κ2) is 5.37. The van der Waals surface area contributed by atoms with Crippen LogP contribution in [0.25, 0.3) is 0 Å². The molecule has 0 aromatic heterocycles. The molecule has 0 spiro atoms. The molecule has 0 amide bonds. The summed E-state index contributed by atoms with van der Waals surface area (Å²) in [5.74, 6) is 0.545. The highest BCUT2D eigenvalue weighted by Gasteiger charge is 2.08. The van der Waals surface area contributed by atoms with Crippen molar-refractivity contribution in [3.63, 3.8) is 0 Å². The topological polar surface area (TPSA) is 26.3 Å². The summed E-state index contributed by atoms with van der Waals surface area (Å²) >= 11 is 9.36. The number of hydrogen-bond acceptors (Lipinski definition) is 2. The maximum atomic E-state index is 10.4. The molecule has 2 nitrogen and oxygen atoms in total. The molecule has 0 aliphatic rings. The highest BCUT2D eigenvalue weighted by molar-refractivity contribution is 9.08. The summed E-state index contributed by atoms with van der Waals surface area (Å²) in [6, 6.07) is 5.49. The van der Waals surface area contributed by atoms with Crippen LogP contribution in [0, 0.1) is 0 Å². The zero-order valence-electron chi connectivity index (χ0n) is 7.67. The van der Waals surface area contributed by atoms with E-state index in [9.17, 15) is 4.79 Å². The number of ether oxygens (including phenoxy) is 1. The van der Waals surface area contributed by atoms with Gasteiger partial charge in [-0.1, -0.05) is 39.7 Å². The third-order valence-corrected chi connectivity index (χ3v) is 2.72. The number of hydrogen-bond donors (Lipinski definition) is 0. The van der Waals surface area contributed by atoms with E-state index in [1.165, 1.54) is 0 Å². The molecular formula is C10H10BrClO2. The fraction of sp³-hybridized carbons (Fsp3) is 0.300. The Hall–Kier alpha value is -0.540. The van der Waals surface area contributed by atoms with Crippen LogP contribution in [0.5, 0.6) is 5.75 Å². The third-order valence-electron chi connectivity index (χ3n) is 1.69. The van der Waals surface area contributed by atoms with Gasteiger partial charge in [0.15, 0.2) is 12.4 Å². The monoisotopic (exact) mass is 276 g/mol. The molecule has 1 aromatic rings. The van der Waals surface area contributed by atoms with Crippen molar-refractivity contribution in [3.05, 3.63) is 28.8 Å². The Kier molecular flexibility index (Phi) is 4.42. The quantitative estimate of drug-likeness (QED) is 0.624. The van der Waals surface area contributed by atoms with Gasteiger partial charge in [-0.3, -0.25) is 4.79 Å². The van der Waals surface area contributed by atoms with E-state index in [1.807, 2.05) is 12.1 Å². The maximum Gasteiger partial charge on any atom is 0.160 e. The minimum Gasteiger partial charge on any atom is -0.482 e. The molecule has 0 saturated heterocycles. The Labute approximate surface area is 96.3 Å². The lowest BCUT2D eigenvalue weighted by atomic mass is 10.2. The zero-order valence-corrected chi connectivity index (χ0v) is 10.0. The first-order valence-corrected chi connectivity index (χ1v) is 5.64. The lowest BCUT2D eigenvalue weighted by Crippen LogP contribution is -2.13. The van der Waals surface area contributed by atoms with Crippen LogP contribution < -0.4 is 4.74 Å². The molecule has 1 rings (SSSR count). The van der Waals surface area contributed by atoms with Gasteiger partial charge in [0.05, 0.1) is 5.02 Å². The van der Waals surface area contributed by atoms with Crippen LogP contribution in [0.1, 0.15) is 12.5 Å². The standard InChI is InChI=1S/C10H10BrClO2/c1-7(6-13)14-9-4-2-3-8(5-11)10(9)12/h2-4,6-7H,5H2,1H3/t7-/m1/s1. The van der Waals surface area contributed by atoms with Crippen molar-refractivity contribution in [2.45, 2.75) is 18.4 Å². The minimum absolute atomic E-state index is 0.474. The van der Waals surface area contributed by atoms with E-state index in [4.69, 9.17) is 16.3 Å². The van der Waals surface area contributed by atoms with E-state index in [0.717, 1.165) is 11.8 Å². The fourth-order valence-corrected chi connectivity index (χ4v) is 1.84. The molecule has 0 unspecified atom stereocenters. The van der Waals surface area contributed by atoms with Crippen LogP contribution in [-0.2, 0) is 10.1 Å². The van der Waals surface area contributed by atoms with Crippen LogP contribution in [0.3, 0.4) is 0 Å². The van der Waals surface area contributed by atoms with E-state index in [0.29, 0.717) is 16.1 Å². The number of aldehydes is 1. The molecule has 0 heterocycles. The van der Waals surface area contributed by atoms with Gasteiger partial charge in [0.2, 0.25) is 0 Å². The van der Waals surface area contributed by atoms with E-state index in [1.54, 1.807) is 13.0 Å². The van der Waals surface area contributed by atoms with Crippen LogP contribution in [-0.4, -0.2) is 12.4 Å². The molecule has 76 valence electrons. The number of alkyl halides is 1. The van der Waals surface area contributed by atoms with Gasteiger partial charge < -0.3 is 4.74 Å². The molecule has 1 aromatic carbocycles. The SMILES string of the molecule is C[C@H](C=O)Oc1cccc(CBr)c1Cl. The first-order valence-electron chi connectivity index (χ1n) is 4.14. The van der Waals surface area contributed by atoms with E-state index >= 15 is 0 Å². The van der Waals surface area contributed by atoms with Crippen molar-refractivity contribution in [1.82, 2.24) is 0 Å². The van der Waals surface area contributed by atoms with E-state index in [2.05, 4.69) is 15.9 Å². The van der Waals surface area contributed by atoms with Gasteiger partial charge in [-0.05, 0) is 18.6 Å². The lowest BCUT2D eigenvalue weighted by molar-refractivity contribution is -0.113. The van der Waals surface area contributed by atoms with Crippen molar-refractivity contribution >= 4 is 33.8 Å². The Bertz CT molecular complexity index is 328. The first-order chi connectivity index (χ1) is 6.69. The summed E-state index contributed by atoms with van der Waals surface area (Å²) in [5.41, 5.74) is 0.947. The Morgan fingerprint density at radius 3 is 2.93 bits per heavy atom. The molecule has 0 aliphatic carbocycles. The average molecular weight is 278 g/mol. The lowest BCUT2D eigenvalue weighted by Gasteiger charge is -2.11. The van der Waals surface area contributed by atoms with Crippen LogP contribution in [0.2, 0.25) is 5.02 Å². The second-order valence-electron chi connectivity index (χ2n) is 2.82. The van der Waals surface area contributed by atoms with Gasteiger partial charge in [0.25, 0.3) is 0 Å². The molecule has 0 bridgehead atoms. The predicted octanol–water partition coefficient (Wildman–Crippen LogP) is 3.20. The van der Waals surface area contributed by atoms with Crippen LogP contribution in [0.4, 0.5) is 0 Å². The summed E-state index contributed by atoms with van der Waals surface area (Å²) in [6.45, 7) is 1.67. The van der Waals surface area contributed by atoms with Crippen molar-refractivity contribution in [1.29, 1.82) is 0 Å². The van der Waals surface area contributed by atoms with Gasteiger partial charge in [0.1, 0.15) is 5.75 Å². The zero-order chi connectivity index (χ0) is 10.6. The third kappa shape index (κ3) is 2.72. The minimum atomic E-state index is -0.474. The Balaban J connectivity index is 2.91. The Morgan fingerprint density at radius 2 is 2.36 bits per heavy atom. The molecule has 0 N–H and O–H groups in total. The first kappa shape index (κ1) is 11.5. The van der Waals surface area contributed by atoms with Gasteiger partial charge in [0, 0.05) is 5.33 Å². The largest absolute Gasteiger partial charge is 0.482 e. The van der Waals surface area contributed by atoms with E-state index in [-0.39, 0.29) is 0 Å². The van der Waals surface area contributed by atoms with E-state index < -0.39 is 6.10 Å². The van der Waals surface area contributed by atoms with Crippen molar-refractivity contribution in [3.8, 4) is 5.75 Å². The maximum absolute atomic E-state index is 10.4. The number of rotatable bonds is 4.